The molecule has 1 aromatic rings. The van der Waals surface area contributed by atoms with Crippen molar-refractivity contribution in [3.8, 4) is 0 Å². The van der Waals surface area contributed by atoms with Crippen molar-refractivity contribution in [3.63, 3.8) is 0 Å². The Labute approximate surface area is 104 Å². The van der Waals surface area contributed by atoms with Gasteiger partial charge in [-0.2, -0.15) is 0 Å². The zero-order chi connectivity index (χ0) is 12.2. The molecule has 0 aliphatic carbocycles. The van der Waals surface area contributed by atoms with Crippen molar-refractivity contribution in [1.82, 2.24) is 5.32 Å². The molecular weight excluding hydrogens is 218 g/mol. The summed E-state index contributed by atoms with van der Waals surface area (Å²) in [5, 5.41) is 4.22. The Kier molecular flexibility index (Phi) is 4.57. The number of aryl methyl sites for hydroxylation is 1. The Morgan fingerprint density at radius 2 is 2.00 bits per heavy atom. The van der Waals surface area contributed by atoms with Crippen LogP contribution in [0.3, 0.4) is 0 Å². The number of benzene rings is 1. The fourth-order valence-corrected chi connectivity index (χ4v) is 1.46. The quantitative estimate of drug-likeness (QED) is 0.837. The van der Waals surface area contributed by atoms with Crippen LogP contribution in [0.25, 0.3) is 6.08 Å². The molecular formula is C14H20ClN. The Hall–Kier alpha value is -0.790. The summed E-state index contributed by atoms with van der Waals surface area (Å²) < 4.78 is 0. The average molecular weight is 238 g/mol. The monoisotopic (exact) mass is 237 g/mol. The van der Waals surface area contributed by atoms with Crippen molar-refractivity contribution in [2.45, 2.75) is 33.2 Å². The van der Waals surface area contributed by atoms with Crippen molar-refractivity contribution in [2.24, 2.45) is 0 Å². The lowest BCUT2D eigenvalue weighted by atomic mass is 10.1. The smallest absolute Gasteiger partial charge is 0.0441 e. The second kappa shape index (κ2) is 5.51. The molecule has 2 heteroatoms. The third kappa shape index (κ3) is 4.82. The zero-order valence-electron chi connectivity index (χ0n) is 10.5. The van der Waals surface area contributed by atoms with E-state index in [1.54, 1.807) is 0 Å². The van der Waals surface area contributed by atoms with Gasteiger partial charge in [0.1, 0.15) is 0 Å². The maximum absolute atomic E-state index is 6.05. The second-order valence-corrected chi connectivity index (χ2v) is 5.45. The van der Waals surface area contributed by atoms with E-state index in [9.17, 15) is 0 Å². The maximum Gasteiger partial charge on any atom is 0.0441 e. The van der Waals surface area contributed by atoms with Gasteiger partial charge in [-0.05, 0) is 44.9 Å². The molecule has 0 spiro atoms. The van der Waals surface area contributed by atoms with Gasteiger partial charge in [-0.1, -0.05) is 35.9 Å². The third-order valence-corrected chi connectivity index (χ3v) is 2.66. The van der Waals surface area contributed by atoms with Crippen LogP contribution in [-0.4, -0.2) is 12.1 Å². The molecule has 1 nitrogen and oxygen atoms in total. The lowest BCUT2D eigenvalue weighted by Crippen LogP contribution is -2.35. The van der Waals surface area contributed by atoms with E-state index in [-0.39, 0.29) is 5.54 Å². The molecule has 0 atom stereocenters. The maximum atomic E-state index is 6.05. The van der Waals surface area contributed by atoms with E-state index in [1.165, 1.54) is 0 Å². The van der Waals surface area contributed by atoms with Crippen molar-refractivity contribution in [3.05, 3.63) is 40.4 Å². The van der Waals surface area contributed by atoms with Crippen LogP contribution in [0.5, 0.6) is 0 Å². The van der Waals surface area contributed by atoms with Gasteiger partial charge in [0, 0.05) is 17.1 Å². The highest BCUT2D eigenvalue weighted by Gasteiger charge is 2.05. The summed E-state index contributed by atoms with van der Waals surface area (Å²) in [5.74, 6) is 0. The lowest BCUT2D eigenvalue weighted by Gasteiger charge is -2.18. The van der Waals surface area contributed by atoms with Crippen LogP contribution in [-0.2, 0) is 0 Å². The molecule has 0 amide bonds. The number of hydrogen-bond acceptors (Lipinski definition) is 1. The SMILES string of the molecule is Cc1ccc(/C=C/CNC(C)(C)C)cc1Cl. The highest BCUT2D eigenvalue weighted by Crippen LogP contribution is 2.17. The minimum Gasteiger partial charge on any atom is -0.309 e. The molecule has 1 aromatic carbocycles. The number of rotatable bonds is 3. The standard InChI is InChI=1S/C14H20ClN/c1-11-7-8-12(10-13(11)15)6-5-9-16-14(2,3)4/h5-8,10,16H,9H2,1-4H3/b6-5+. The van der Waals surface area contributed by atoms with E-state index in [0.717, 1.165) is 22.7 Å². The Morgan fingerprint density at radius 3 is 2.56 bits per heavy atom. The van der Waals surface area contributed by atoms with Crippen LogP contribution in [0.1, 0.15) is 31.9 Å². The summed E-state index contributed by atoms with van der Waals surface area (Å²) >= 11 is 6.05. The first-order valence-electron chi connectivity index (χ1n) is 5.56. The lowest BCUT2D eigenvalue weighted by molar-refractivity contribution is 0.450. The van der Waals surface area contributed by atoms with E-state index in [4.69, 9.17) is 11.6 Å². The molecule has 88 valence electrons. The Morgan fingerprint density at radius 1 is 1.31 bits per heavy atom. The Balaban J connectivity index is 2.53. The molecule has 0 aliphatic heterocycles. The summed E-state index contributed by atoms with van der Waals surface area (Å²) in [5.41, 5.74) is 2.42. The summed E-state index contributed by atoms with van der Waals surface area (Å²) in [6.45, 7) is 9.35. The van der Waals surface area contributed by atoms with Gasteiger partial charge < -0.3 is 5.32 Å². The summed E-state index contributed by atoms with van der Waals surface area (Å²) in [4.78, 5) is 0. The van der Waals surface area contributed by atoms with Crippen LogP contribution in [0.15, 0.2) is 24.3 Å². The predicted octanol–water partition coefficient (Wildman–Crippen LogP) is 4.05. The van der Waals surface area contributed by atoms with E-state index >= 15 is 0 Å². The highest BCUT2D eigenvalue weighted by molar-refractivity contribution is 6.31. The van der Waals surface area contributed by atoms with E-state index in [0.29, 0.717) is 0 Å². The van der Waals surface area contributed by atoms with Crippen LogP contribution in [0, 0.1) is 6.92 Å². The molecule has 0 radical (unpaired) electrons. The molecule has 0 bridgehead atoms. The molecule has 0 aromatic heterocycles. The van der Waals surface area contributed by atoms with Crippen LogP contribution in [0.4, 0.5) is 0 Å². The highest BCUT2D eigenvalue weighted by atomic mass is 35.5. The van der Waals surface area contributed by atoms with Crippen molar-refractivity contribution in [2.75, 3.05) is 6.54 Å². The number of nitrogens with one attached hydrogen (secondary N) is 1. The van der Waals surface area contributed by atoms with Gasteiger partial charge in [-0.15, -0.1) is 0 Å². The van der Waals surface area contributed by atoms with Crippen LogP contribution >= 0.6 is 11.6 Å². The molecule has 1 rings (SSSR count). The largest absolute Gasteiger partial charge is 0.309 e. The summed E-state index contributed by atoms with van der Waals surface area (Å²) in [6.07, 6.45) is 4.20. The molecule has 1 N–H and O–H groups in total. The first-order chi connectivity index (χ1) is 7.38. The molecule has 0 heterocycles. The molecule has 16 heavy (non-hydrogen) atoms. The molecule has 0 saturated heterocycles. The first-order valence-corrected chi connectivity index (χ1v) is 5.94. The Bertz CT molecular complexity index is 375. The number of hydrogen-bond donors (Lipinski definition) is 1. The predicted molar refractivity (Wildman–Crippen MR) is 73.0 cm³/mol. The fraction of sp³-hybridized carbons (Fsp3) is 0.429. The average Bonchev–Trinajstić information content (AvgIpc) is 2.17. The summed E-state index contributed by atoms with van der Waals surface area (Å²) in [7, 11) is 0. The zero-order valence-corrected chi connectivity index (χ0v) is 11.2. The molecule has 0 saturated carbocycles. The minimum atomic E-state index is 0.162. The summed E-state index contributed by atoms with van der Waals surface area (Å²) in [6, 6.07) is 6.11. The van der Waals surface area contributed by atoms with Gasteiger partial charge in [-0.25, -0.2) is 0 Å². The second-order valence-electron chi connectivity index (χ2n) is 5.04. The van der Waals surface area contributed by atoms with Gasteiger partial charge in [0.05, 0.1) is 0 Å². The van der Waals surface area contributed by atoms with E-state index in [2.05, 4.69) is 44.3 Å². The van der Waals surface area contributed by atoms with E-state index < -0.39 is 0 Å². The van der Waals surface area contributed by atoms with Crippen LogP contribution in [0.2, 0.25) is 5.02 Å². The van der Waals surface area contributed by atoms with Crippen LogP contribution < -0.4 is 5.32 Å². The van der Waals surface area contributed by atoms with E-state index in [1.807, 2.05) is 19.1 Å². The van der Waals surface area contributed by atoms with Gasteiger partial charge in [0.2, 0.25) is 0 Å². The van der Waals surface area contributed by atoms with Gasteiger partial charge >= 0.3 is 0 Å². The topological polar surface area (TPSA) is 12.0 Å². The molecule has 0 aliphatic rings. The number of halogens is 1. The van der Waals surface area contributed by atoms with Gasteiger partial charge in [0.25, 0.3) is 0 Å². The van der Waals surface area contributed by atoms with Gasteiger partial charge in [0.15, 0.2) is 0 Å². The first kappa shape index (κ1) is 13.3. The third-order valence-electron chi connectivity index (χ3n) is 2.26. The normalized spacial score (nSPS) is 12.3. The van der Waals surface area contributed by atoms with Crippen molar-refractivity contribution in [1.29, 1.82) is 0 Å². The van der Waals surface area contributed by atoms with Gasteiger partial charge in [-0.3, -0.25) is 0 Å². The minimum absolute atomic E-state index is 0.162. The fourth-order valence-electron chi connectivity index (χ4n) is 1.27. The van der Waals surface area contributed by atoms with Crippen molar-refractivity contribution < 1.29 is 0 Å². The van der Waals surface area contributed by atoms with Crippen molar-refractivity contribution >= 4 is 17.7 Å². The molecule has 0 fully saturated rings. The molecule has 0 unspecified atom stereocenters.